The van der Waals surface area contributed by atoms with E-state index in [1.807, 2.05) is 0 Å². The van der Waals surface area contributed by atoms with E-state index < -0.39 is 0 Å². The van der Waals surface area contributed by atoms with Crippen LogP contribution in [0.2, 0.25) is 0 Å². The van der Waals surface area contributed by atoms with Gasteiger partial charge in [0, 0.05) is 0 Å². The van der Waals surface area contributed by atoms with E-state index >= 15 is 0 Å². The van der Waals surface area contributed by atoms with Gasteiger partial charge in [0.05, 0.1) is 36.7 Å². The summed E-state index contributed by atoms with van der Waals surface area (Å²) >= 11 is 0. The van der Waals surface area contributed by atoms with Gasteiger partial charge >= 0.3 is 0 Å². The maximum Gasteiger partial charge on any atom is 0.122 e. The Labute approximate surface area is 119 Å². The number of rotatable bonds is 2. The van der Waals surface area contributed by atoms with E-state index in [1.54, 1.807) is 0 Å². The van der Waals surface area contributed by atoms with Crippen LogP contribution in [0, 0.1) is 16.7 Å². The Morgan fingerprint density at radius 1 is 1.15 bits per heavy atom. The Bertz CT molecular complexity index is 579. The lowest BCUT2D eigenvalue weighted by Crippen LogP contribution is -2.61. The Kier molecular flexibility index (Phi) is 2.59. The molecule has 3 nitrogen and oxygen atoms in total. The summed E-state index contributed by atoms with van der Waals surface area (Å²) in [6, 6.07) is 9.14. The second-order valence-corrected chi connectivity index (χ2v) is 6.40. The number of aryl methyl sites for hydroxylation is 1. The van der Waals surface area contributed by atoms with Crippen LogP contribution in [0.15, 0.2) is 18.2 Å². The van der Waals surface area contributed by atoms with Crippen LogP contribution in [-0.4, -0.2) is 19.8 Å². The zero-order chi connectivity index (χ0) is 13.6. The highest BCUT2D eigenvalue weighted by atomic mass is 16.5. The van der Waals surface area contributed by atoms with Gasteiger partial charge in [-0.2, -0.15) is 5.26 Å². The minimum atomic E-state index is -0.199. The zero-order valence-electron chi connectivity index (χ0n) is 11.7. The van der Waals surface area contributed by atoms with Gasteiger partial charge in [0.2, 0.25) is 0 Å². The predicted molar refractivity (Wildman–Crippen MR) is 74.7 cm³/mol. The molecule has 0 aromatic heterocycles. The lowest BCUT2D eigenvalue weighted by Gasteiger charge is -2.56. The molecule has 0 spiro atoms. The number of hydrogen-bond acceptors (Lipinski definition) is 3. The monoisotopic (exact) mass is 269 g/mol. The quantitative estimate of drug-likeness (QED) is 0.829. The fourth-order valence-electron chi connectivity index (χ4n) is 3.91. The average molecular weight is 269 g/mol. The summed E-state index contributed by atoms with van der Waals surface area (Å²) in [5.41, 5.74) is 2.31. The number of ether oxygens (including phenoxy) is 2. The number of nitriles is 1. The molecule has 4 rings (SSSR count). The number of hydrogen-bond donors (Lipinski definition) is 0. The Hall–Kier alpha value is -1.53. The van der Waals surface area contributed by atoms with Crippen LogP contribution in [-0.2, 0) is 16.6 Å². The van der Waals surface area contributed by atoms with Crippen molar-refractivity contribution >= 4 is 0 Å². The van der Waals surface area contributed by atoms with Crippen LogP contribution in [0.3, 0.4) is 0 Å². The first-order valence-electron chi connectivity index (χ1n) is 7.55. The van der Waals surface area contributed by atoms with Gasteiger partial charge in [-0.05, 0) is 42.9 Å². The molecule has 1 saturated carbocycles. The van der Waals surface area contributed by atoms with Crippen molar-refractivity contribution < 1.29 is 9.47 Å². The molecular weight excluding hydrogens is 250 g/mol. The third kappa shape index (κ3) is 1.43. The molecule has 1 aliphatic carbocycles. The highest BCUT2D eigenvalue weighted by Gasteiger charge is 2.60. The predicted octanol–water partition coefficient (Wildman–Crippen LogP) is 2.97. The SMILES string of the molecule is N#CC1(C2(c3ccc4c(c3)CCCO4)COC2)CCC1. The van der Waals surface area contributed by atoms with Crippen molar-refractivity contribution in [2.24, 2.45) is 5.41 Å². The Morgan fingerprint density at radius 3 is 2.60 bits per heavy atom. The maximum absolute atomic E-state index is 9.71. The van der Waals surface area contributed by atoms with Crippen LogP contribution in [0.5, 0.6) is 5.75 Å². The van der Waals surface area contributed by atoms with E-state index in [9.17, 15) is 5.26 Å². The molecule has 0 atom stereocenters. The number of nitrogens with zero attached hydrogens (tertiary/aromatic N) is 1. The molecule has 1 saturated heterocycles. The van der Waals surface area contributed by atoms with E-state index in [2.05, 4.69) is 24.3 Å². The van der Waals surface area contributed by atoms with Gasteiger partial charge in [0.15, 0.2) is 0 Å². The number of benzene rings is 1. The largest absolute Gasteiger partial charge is 0.493 e. The highest BCUT2D eigenvalue weighted by molar-refractivity contribution is 5.45. The smallest absolute Gasteiger partial charge is 0.122 e. The van der Waals surface area contributed by atoms with Crippen molar-refractivity contribution in [3.8, 4) is 11.8 Å². The minimum Gasteiger partial charge on any atom is -0.493 e. The lowest BCUT2D eigenvalue weighted by atomic mass is 9.50. The van der Waals surface area contributed by atoms with Gasteiger partial charge in [-0.15, -0.1) is 0 Å². The number of fused-ring (bicyclic) bond motifs is 1. The molecular formula is C17H19NO2. The van der Waals surface area contributed by atoms with Crippen molar-refractivity contribution in [1.82, 2.24) is 0 Å². The van der Waals surface area contributed by atoms with Crippen molar-refractivity contribution in [3.63, 3.8) is 0 Å². The molecule has 2 heterocycles. The van der Waals surface area contributed by atoms with Crippen molar-refractivity contribution in [3.05, 3.63) is 29.3 Å². The molecule has 0 bridgehead atoms. The van der Waals surface area contributed by atoms with Crippen LogP contribution < -0.4 is 4.74 Å². The van der Waals surface area contributed by atoms with E-state index in [1.165, 1.54) is 17.5 Å². The van der Waals surface area contributed by atoms with Gasteiger partial charge in [-0.1, -0.05) is 18.6 Å². The molecule has 3 heteroatoms. The standard InChI is InChI=1S/C17H19NO2/c18-10-16(6-2-7-16)17(11-19-12-17)14-4-5-15-13(9-14)3-1-8-20-15/h4-5,9H,1-3,6-8,11-12H2. The van der Waals surface area contributed by atoms with Gasteiger partial charge in [0.25, 0.3) is 0 Å². The van der Waals surface area contributed by atoms with E-state index in [0.717, 1.165) is 38.0 Å². The summed E-state index contributed by atoms with van der Waals surface area (Å²) in [6.45, 7) is 2.21. The first kappa shape index (κ1) is 12.2. The third-order valence-corrected chi connectivity index (χ3v) is 5.50. The molecule has 20 heavy (non-hydrogen) atoms. The second kappa shape index (κ2) is 4.23. The molecule has 2 fully saturated rings. The van der Waals surface area contributed by atoms with Crippen molar-refractivity contribution in [2.75, 3.05) is 19.8 Å². The minimum absolute atomic E-state index is 0.0769. The van der Waals surface area contributed by atoms with E-state index in [-0.39, 0.29) is 10.8 Å². The first-order valence-corrected chi connectivity index (χ1v) is 7.55. The Morgan fingerprint density at radius 2 is 2.00 bits per heavy atom. The summed E-state index contributed by atoms with van der Waals surface area (Å²) < 4.78 is 11.2. The first-order chi connectivity index (χ1) is 9.80. The molecule has 0 amide bonds. The molecule has 0 unspecified atom stereocenters. The van der Waals surface area contributed by atoms with Crippen LogP contribution >= 0.6 is 0 Å². The average Bonchev–Trinajstić information content (AvgIpc) is 2.40. The van der Waals surface area contributed by atoms with Gasteiger partial charge in [0.1, 0.15) is 5.75 Å². The molecule has 3 aliphatic rings. The van der Waals surface area contributed by atoms with Crippen LogP contribution in [0.1, 0.15) is 36.8 Å². The highest BCUT2D eigenvalue weighted by Crippen LogP contribution is 2.58. The molecule has 104 valence electrons. The topological polar surface area (TPSA) is 42.2 Å². The zero-order valence-corrected chi connectivity index (χ0v) is 11.7. The van der Waals surface area contributed by atoms with Crippen molar-refractivity contribution in [2.45, 2.75) is 37.5 Å². The van der Waals surface area contributed by atoms with E-state index in [0.29, 0.717) is 13.2 Å². The molecule has 1 aromatic carbocycles. The lowest BCUT2D eigenvalue weighted by molar-refractivity contribution is -0.134. The van der Waals surface area contributed by atoms with Crippen LogP contribution in [0.4, 0.5) is 0 Å². The normalized spacial score (nSPS) is 25.4. The summed E-state index contributed by atoms with van der Waals surface area (Å²) in [6.07, 6.45) is 5.37. The molecule has 0 radical (unpaired) electrons. The second-order valence-electron chi connectivity index (χ2n) is 6.40. The van der Waals surface area contributed by atoms with E-state index in [4.69, 9.17) is 9.47 Å². The summed E-state index contributed by atoms with van der Waals surface area (Å²) in [5.74, 6) is 1.02. The third-order valence-electron chi connectivity index (χ3n) is 5.50. The Balaban J connectivity index is 1.77. The fraction of sp³-hybridized carbons (Fsp3) is 0.588. The maximum atomic E-state index is 9.71. The van der Waals surface area contributed by atoms with Gasteiger partial charge < -0.3 is 9.47 Å². The fourth-order valence-corrected chi connectivity index (χ4v) is 3.91. The summed E-state index contributed by atoms with van der Waals surface area (Å²) in [4.78, 5) is 0. The summed E-state index contributed by atoms with van der Waals surface area (Å²) in [5, 5.41) is 9.71. The molecule has 1 aromatic rings. The van der Waals surface area contributed by atoms with Crippen molar-refractivity contribution in [1.29, 1.82) is 5.26 Å². The van der Waals surface area contributed by atoms with Crippen LogP contribution in [0.25, 0.3) is 0 Å². The summed E-state index contributed by atoms with van der Waals surface area (Å²) in [7, 11) is 0. The van der Waals surface area contributed by atoms with Gasteiger partial charge in [-0.3, -0.25) is 0 Å². The van der Waals surface area contributed by atoms with Gasteiger partial charge in [-0.25, -0.2) is 0 Å². The molecule has 2 aliphatic heterocycles. The molecule has 0 N–H and O–H groups in total.